The van der Waals surface area contributed by atoms with E-state index in [4.69, 9.17) is 19.9 Å². The van der Waals surface area contributed by atoms with Gasteiger partial charge in [0.1, 0.15) is 0 Å². The van der Waals surface area contributed by atoms with Crippen molar-refractivity contribution in [2.45, 2.75) is 13.8 Å². The van der Waals surface area contributed by atoms with Crippen molar-refractivity contribution in [3.05, 3.63) is 266 Å². The number of nitrogens with zero attached hydrogens (tertiary/aromatic N) is 4. The van der Waals surface area contributed by atoms with Gasteiger partial charge in [-0.2, -0.15) is 0 Å². The Bertz CT molecular complexity index is 4930. The molecule has 0 spiro atoms. The Kier molecular flexibility index (Phi) is 10.6. The van der Waals surface area contributed by atoms with Crippen LogP contribution in [0.5, 0.6) is 0 Å². The van der Waals surface area contributed by atoms with Gasteiger partial charge in [-0.05, 0) is 179 Å². The van der Waals surface area contributed by atoms with Crippen LogP contribution in [0.4, 0.5) is 0 Å². The maximum Gasteiger partial charge on any atom is 0.0974 e. The number of fused-ring (bicyclic) bond motifs is 8. The lowest BCUT2D eigenvalue weighted by Gasteiger charge is -2.19. The van der Waals surface area contributed by atoms with Crippen molar-refractivity contribution in [3.63, 3.8) is 0 Å². The number of aromatic nitrogens is 4. The number of benzene rings is 11. The lowest BCUT2D eigenvalue weighted by Crippen LogP contribution is -1.95. The second-order valence-corrected chi connectivity index (χ2v) is 20.7. The van der Waals surface area contributed by atoms with E-state index in [1.54, 1.807) is 0 Å². The molecule has 0 N–H and O–H groups in total. The molecule has 0 amide bonds. The molecule has 364 valence electrons. The van der Waals surface area contributed by atoms with Crippen molar-refractivity contribution in [2.75, 3.05) is 0 Å². The van der Waals surface area contributed by atoms with Crippen molar-refractivity contribution in [2.24, 2.45) is 0 Å². The summed E-state index contributed by atoms with van der Waals surface area (Å²) in [5.74, 6) is 0. The maximum absolute atomic E-state index is 5.14. The summed E-state index contributed by atoms with van der Waals surface area (Å²) in [6, 6.07) is 88.4. The molecule has 15 aromatic rings. The molecule has 0 bridgehead atoms. The van der Waals surface area contributed by atoms with E-state index in [-0.39, 0.29) is 0 Å². The first-order chi connectivity index (χ1) is 38.4. The van der Waals surface area contributed by atoms with E-state index in [1.807, 2.05) is 24.5 Å². The average molecular weight is 993 g/mol. The van der Waals surface area contributed by atoms with Crippen LogP contribution >= 0.6 is 0 Å². The standard InChI is InChI=1S/C74H48N4/c1-45-35-66(48-14-4-3-5-15-48)64-32-33-65-67(36-46(2)78-74(65)73(64)77-45)55-19-12-18-50(38-55)51-24-25-53-40-57(28-26-52(53)37-51)71-61-20-9-10-21-62(61)72(58-27-23-47-13-6-7-16-49(47)39-58)68-42-54(29-31-63(68)71)59-30-34-70(75-43-59)60-41-56-17-8-11-22-69(56)76-44-60/h3-44H,1-2H3. The number of para-hydroxylation sites is 1. The Labute approximate surface area is 451 Å². The first-order valence-corrected chi connectivity index (χ1v) is 26.7. The molecule has 0 aliphatic heterocycles. The minimum absolute atomic E-state index is 0.897. The topological polar surface area (TPSA) is 51.6 Å². The second kappa shape index (κ2) is 18.3. The molecular formula is C74H48N4. The first kappa shape index (κ1) is 45.3. The monoisotopic (exact) mass is 992 g/mol. The van der Waals surface area contributed by atoms with Gasteiger partial charge >= 0.3 is 0 Å². The Balaban J connectivity index is 0.829. The molecule has 0 radical (unpaired) electrons. The number of aryl methyl sites for hydroxylation is 2. The van der Waals surface area contributed by atoms with Crippen LogP contribution in [0.1, 0.15) is 11.4 Å². The molecule has 0 fully saturated rings. The Morgan fingerprint density at radius 2 is 0.731 bits per heavy atom. The predicted molar refractivity (Wildman–Crippen MR) is 328 cm³/mol. The van der Waals surface area contributed by atoms with E-state index >= 15 is 0 Å². The van der Waals surface area contributed by atoms with Crippen LogP contribution in [-0.2, 0) is 0 Å². The van der Waals surface area contributed by atoms with Gasteiger partial charge < -0.3 is 0 Å². The summed E-state index contributed by atoms with van der Waals surface area (Å²) >= 11 is 0. The van der Waals surface area contributed by atoms with E-state index in [1.165, 1.54) is 82.0 Å². The highest BCUT2D eigenvalue weighted by Crippen LogP contribution is 2.46. The highest BCUT2D eigenvalue weighted by Gasteiger charge is 2.20. The van der Waals surface area contributed by atoms with Gasteiger partial charge in [0, 0.05) is 51.1 Å². The molecule has 4 nitrogen and oxygen atoms in total. The Hall–Kier alpha value is -10.2. The zero-order valence-corrected chi connectivity index (χ0v) is 43.0. The van der Waals surface area contributed by atoms with Crippen molar-refractivity contribution in [3.8, 4) is 78.0 Å². The molecule has 78 heavy (non-hydrogen) atoms. The molecule has 0 atom stereocenters. The zero-order chi connectivity index (χ0) is 51.8. The molecule has 11 aromatic carbocycles. The van der Waals surface area contributed by atoms with Crippen LogP contribution in [0.25, 0.3) is 154 Å². The SMILES string of the molecule is Cc1cc(-c2ccccc2)c2ccc3c(-c4cccc(-c5ccc6cc(-c7c8ccccc8c(-c8ccc9ccccc9c8)c8cc(-c9ccc(-c%10cnc%11ccccc%11c%10)nc9)ccc78)ccc6c5)c4)cc(C)nc3c2n1. The van der Waals surface area contributed by atoms with Crippen molar-refractivity contribution >= 4 is 75.8 Å². The Morgan fingerprint density at radius 3 is 1.45 bits per heavy atom. The molecular weight excluding hydrogens is 945 g/mol. The third-order valence-electron chi connectivity index (χ3n) is 15.8. The molecule has 0 unspecified atom stereocenters. The molecule has 0 aliphatic carbocycles. The van der Waals surface area contributed by atoms with Crippen LogP contribution in [0.2, 0.25) is 0 Å². The van der Waals surface area contributed by atoms with E-state index in [0.29, 0.717) is 0 Å². The summed E-state index contributed by atoms with van der Waals surface area (Å²) in [6.45, 7) is 4.16. The molecule has 15 rings (SSSR count). The van der Waals surface area contributed by atoms with Crippen molar-refractivity contribution < 1.29 is 0 Å². The fourth-order valence-electron chi connectivity index (χ4n) is 12.0. The van der Waals surface area contributed by atoms with Gasteiger partial charge in [-0.1, -0.05) is 182 Å². The lowest BCUT2D eigenvalue weighted by atomic mass is 9.84. The van der Waals surface area contributed by atoms with Crippen LogP contribution in [0.15, 0.2) is 255 Å². The van der Waals surface area contributed by atoms with Crippen LogP contribution in [-0.4, -0.2) is 19.9 Å². The maximum atomic E-state index is 5.14. The van der Waals surface area contributed by atoms with Crippen molar-refractivity contribution in [1.29, 1.82) is 0 Å². The second-order valence-electron chi connectivity index (χ2n) is 20.7. The highest BCUT2D eigenvalue weighted by atomic mass is 14.8. The number of pyridine rings is 4. The molecule has 4 heterocycles. The number of rotatable bonds is 7. The third kappa shape index (κ3) is 7.76. The van der Waals surface area contributed by atoms with Crippen LogP contribution < -0.4 is 0 Å². The summed E-state index contributed by atoms with van der Waals surface area (Å²) in [5, 5.41) is 13.0. The summed E-state index contributed by atoms with van der Waals surface area (Å²) in [6.07, 6.45) is 3.92. The minimum atomic E-state index is 0.897. The fraction of sp³-hybridized carbons (Fsp3) is 0.0270. The summed E-state index contributed by atoms with van der Waals surface area (Å²) in [4.78, 5) is 20.0. The summed E-state index contributed by atoms with van der Waals surface area (Å²) in [5.41, 5.74) is 20.6. The highest BCUT2D eigenvalue weighted by molar-refractivity contribution is 6.23. The van der Waals surface area contributed by atoms with E-state index in [9.17, 15) is 0 Å². The van der Waals surface area contributed by atoms with Crippen LogP contribution in [0.3, 0.4) is 0 Å². The van der Waals surface area contributed by atoms with Gasteiger partial charge in [0.2, 0.25) is 0 Å². The van der Waals surface area contributed by atoms with E-state index in [2.05, 4.69) is 244 Å². The predicted octanol–water partition coefficient (Wildman–Crippen LogP) is 19.6. The summed E-state index contributed by atoms with van der Waals surface area (Å²) < 4.78 is 0. The van der Waals surface area contributed by atoms with E-state index in [0.717, 1.165) is 83.2 Å². The largest absolute Gasteiger partial charge is 0.256 e. The van der Waals surface area contributed by atoms with Gasteiger partial charge in [-0.15, -0.1) is 0 Å². The van der Waals surface area contributed by atoms with Gasteiger partial charge in [-0.3, -0.25) is 19.9 Å². The summed E-state index contributed by atoms with van der Waals surface area (Å²) in [7, 11) is 0. The van der Waals surface area contributed by atoms with E-state index < -0.39 is 0 Å². The third-order valence-corrected chi connectivity index (χ3v) is 15.8. The van der Waals surface area contributed by atoms with Gasteiger partial charge in [-0.25, -0.2) is 0 Å². The zero-order valence-electron chi connectivity index (χ0n) is 43.0. The molecule has 0 aliphatic rings. The smallest absolute Gasteiger partial charge is 0.0974 e. The molecule has 0 saturated heterocycles. The normalized spacial score (nSPS) is 11.7. The fourth-order valence-corrected chi connectivity index (χ4v) is 12.0. The van der Waals surface area contributed by atoms with Gasteiger partial charge in [0.05, 0.1) is 22.2 Å². The quantitative estimate of drug-likeness (QED) is 0.118. The van der Waals surface area contributed by atoms with Gasteiger partial charge in [0.25, 0.3) is 0 Å². The van der Waals surface area contributed by atoms with Gasteiger partial charge in [0.15, 0.2) is 0 Å². The minimum Gasteiger partial charge on any atom is -0.256 e. The molecule has 4 aromatic heterocycles. The van der Waals surface area contributed by atoms with Crippen LogP contribution in [0, 0.1) is 13.8 Å². The lowest BCUT2D eigenvalue weighted by molar-refractivity contribution is 1.23. The van der Waals surface area contributed by atoms with Crippen molar-refractivity contribution in [1.82, 2.24) is 19.9 Å². The molecule has 4 heteroatoms. The number of hydrogen-bond donors (Lipinski definition) is 0. The average Bonchev–Trinajstić information content (AvgIpc) is 3.52. The first-order valence-electron chi connectivity index (χ1n) is 26.7. The molecule has 0 saturated carbocycles. The Morgan fingerprint density at radius 1 is 0.256 bits per heavy atom. The number of hydrogen-bond acceptors (Lipinski definition) is 4.